The molecule has 2 aromatic rings. The second kappa shape index (κ2) is 2.15. The summed E-state index contributed by atoms with van der Waals surface area (Å²) in [4.78, 5) is 7.00. The van der Waals surface area contributed by atoms with Crippen LogP contribution in [0.25, 0.3) is 11.5 Å². The van der Waals surface area contributed by atoms with E-state index < -0.39 is 0 Å². The van der Waals surface area contributed by atoms with Gasteiger partial charge in [-0.2, -0.15) is 0 Å². The normalized spacial score (nSPS) is 10.3. The number of nitrogens with one attached hydrogen (secondary N) is 2. The fraction of sp³-hybridized carbons (Fsp3) is 0.200. The Labute approximate surface area is 62.1 Å². The summed E-state index contributed by atoms with van der Waals surface area (Å²) < 4.78 is 0. The topological polar surface area (TPSA) is 83.1 Å². The van der Waals surface area contributed by atoms with Gasteiger partial charge in [-0.3, -0.25) is 0 Å². The molecule has 0 saturated heterocycles. The van der Waals surface area contributed by atoms with Crippen LogP contribution in [0.4, 0.5) is 0 Å². The van der Waals surface area contributed by atoms with Gasteiger partial charge >= 0.3 is 0 Å². The Hall–Kier alpha value is -1.72. The molecule has 2 aromatic heterocycles. The lowest BCUT2D eigenvalue weighted by Crippen LogP contribution is -1.80. The molecule has 0 atom stereocenters. The molecule has 0 aliphatic carbocycles. The Kier molecular flexibility index (Phi) is 1.18. The molecule has 2 rings (SSSR count). The Morgan fingerprint density at radius 1 is 1.45 bits per heavy atom. The smallest absolute Gasteiger partial charge is 0.197 e. The van der Waals surface area contributed by atoms with Gasteiger partial charge < -0.3 is 4.98 Å². The van der Waals surface area contributed by atoms with E-state index in [0.29, 0.717) is 5.82 Å². The van der Waals surface area contributed by atoms with Crippen molar-refractivity contribution in [2.24, 2.45) is 0 Å². The zero-order valence-electron chi connectivity index (χ0n) is 5.87. The quantitative estimate of drug-likeness (QED) is 0.594. The van der Waals surface area contributed by atoms with Crippen molar-refractivity contribution in [3.63, 3.8) is 0 Å². The summed E-state index contributed by atoms with van der Waals surface area (Å²) in [5.41, 5.74) is 0.799. The molecule has 0 saturated carbocycles. The molecule has 0 radical (unpaired) electrons. The number of hydrogen-bond acceptors (Lipinski definition) is 4. The van der Waals surface area contributed by atoms with E-state index in [1.807, 2.05) is 6.92 Å². The first-order valence-corrected chi connectivity index (χ1v) is 3.12. The maximum Gasteiger partial charge on any atom is 0.197 e. The Morgan fingerprint density at radius 2 is 2.36 bits per heavy atom. The molecule has 0 aliphatic heterocycles. The maximum atomic E-state index is 4.00. The van der Waals surface area contributed by atoms with Crippen LogP contribution in [0.5, 0.6) is 0 Å². The van der Waals surface area contributed by atoms with Crippen LogP contribution in [0.3, 0.4) is 0 Å². The van der Waals surface area contributed by atoms with Gasteiger partial charge in [-0.25, -0.2) is 10.1 Å². The van der Waals surface area contributed by atoms with E-state index in [1.165, 1.54) is 0 Å². The van der Waals surface area contributed by atoms with Gasteiger partial charge in [0.05, 0.1) is 6.20 Å². The van der Waals surface area contributed by atoms with Crippen molar-refractivity contribution in [2.45, 2.75) is 6.92 Å². The third-order valence-electron chi connectivity index (χ3n) is 1.30. The van der Waals surface area contributed by atoms with E-state index in [-0.39, 0.29) is 0 Å². The molecule has 6 nitrogen and oxygen atoms in total. The molecule has 0 amide bonds. The van der Waals surface area contributed by atoms with Gasteiger partial charge in [-0.05, 0) is 17.4 Å². The highest BCUT2D eigenvalue weighted by Crippen LogP contribution is 2.07. The van der Waals surface area contributed by atoms with Gasteiger partial charge in [0.25, 0.3) is 0 Å². The Bertz CT molecular complexity index is 333. The summed E-state index contributed by atoms with van der Waals surface area (Å²) in [7, 11) is 0. The summed E-state index contributed by atoms with van der Waals surface area (Å²) in [5.74, 6) is 1.45. The third-order valence-corrected chi connectivity index (χ3v) is 1.30. The van der Waals surface area contributed by atoms with Gasteiger partial charge in [0.1, 0.15) is 11.5 Å². The van der Waals surface area contributed by atoms with Crippen molar-refractivity contribution < 1.29 is 0 Å². The lowest BCUT2D eigenvalue weighted by atomic mass is 10.5. The summed E-state index contributed by atoms with van der Waals surface area (Å²) >= 11 is 0. The molecule has 0 aliphatic rings. The molecule has 0 spiro atoms. The fourth-order valence-electron chi connectivity index (χ4n) is 0.814. The summed E-state index contributed by atoms with van der Waals surface area (Å²) in [6.07, 6.45) is 1.68. The van der Waals surface area contributed by atoms with Crippen molar-refractivity contribution in [2.75, 3.05) is 0 Å². The SMILES string of the molecule is Cc1ncc(-c2nnn[nH]2)[nH]1. The minimum atomic E-state index is 0.602. The van der Waals surface area contributed by atoms with Crippen molar-refractivity contribution in [3.05, 3.63) is 12.0 Å². The number of nitrogens with zero attached hydrogens (tertiary/aromatic N) is 4. The number of imidazole rings is 1. The minimum Gasteiger partial charge on any atom is -0.340 e. The average Bonchev–Trinajstić information content (AvgIpc) is 2.55. The van der Waals surface area contributed by atoms with E-state index in [0.717, 1.165) is 11.5 Å². The van der Waals surface area contributed by atoms with Crippen LogP contribution in [-0.4, -0.2) is 30.6 Å². The second-order valence-electron chi connectivity index (χ2n) is 2.13. The Morgan fingerprint density at radius 3 is 2.91 bits per heavy atom. The minimum absolute atomic E-state index is 0.602. The van der Waals surface area contributed by atoms with Gasteiger partial charge in [-0.15, -0.1) is 5.10 Å². The van der Waals surface area contributed by atoms with Crippen molar-refractivity contribution >= 4 is 0 Å². The van der Waals surface area contributed by atoms with Crippen molar-refractivity contribution in [1.29, 1.82) is 0 Å². The van der Waals surface area contributed by atoms with Gasteiger partial charge in [0.2, 0.25) is 0 Å². The number of tetrazole rings is 1. The second-order valence-corrected chi connectivity index (χ2v) is 2.13. The predicted octanol–water partition coefficient (Wildman–Crippen LogP) is -0.102. The van der Waals surface area contributed by atoms with Crippen LogP contribution in [0, 0.1) is 6.92 Å². The average molecular weight is 150 g/mol. The van der Waals surface area contributed by atoms with Crippen LogP contribution in [0.2, 0.25) is 0 Å². The van der Waals surface area contributed by atoms with E-state index >= 15 is 0 Å². The van der Waals surface area contributed by atoms with E-state index in [2.05, 4.69) is 30.6 Å². The van der Waals surface area contributed by atoms with Crippen LogP contribution in [0.15, 0.2) is 6.20 Å². The van der Waals surface area contributed by atoms with E-state index in [9.17, 15) is 0 Å². The number of rotatable bonds is 1. The lowest BCUT2D eigenvalue weighted by Gasteiger charge is -1.83. The van der Waals surface area contributed by atoms with E-state index in [1.54, 1.807) is 6.20 Å². The predicted molar refractivity (Wildman–Crippen MR) is 36.5 cm³/mol. The lowest BCUT2D eigenvalue weighted by molar-refractivity contribution is 0.881. The summed E-state index contributed by atoms with van der Waals surface area (Å²) in [6.45, 7) is 1.87. The molecule has 0 bridgehead atoms. The molecule has 0 fully saturated rings. The monoisotopic (exact) mass is 150 g/mol. The molecule has 0 unspecified atom stereocenters. The molecular formula is C5H6N6. The number of aryl methyl sites for hydroxylation is 1. The maximum absolute atomic E-state index is 4.00. The number of aromatic nitrogens is 6. The summed E-state index contributed by atoms with van der Waals surface area (Å²) in [6, 6.07) is 0. The van der Waals surface area contributed by atoms with Gasteiger partial charge in [-0.1, -0.05) is 0 Å². The first kappa shape index (κ1) is 6.02. The van der Waals surface area contributed by atoms with Crippen LogP contribution < -0.4 is 0 Å². The highest BCUT2D eigenvalue weighted by Gasteiger charge is 2.02. The zero-order chi connectivity index (χ0) is 7.68. The van der Waals surface area contributed by atoms with Gasteiger partial charge in [0, 0.05) is 0 Å². The molecule has 2 heterocycles. The molecule has 6 heteroatoms. The highest BCUT2D eigenvalue weighted by molar-refractivity contribution is 5.45. The number of H-pyrrole nitrogens is 2. The van der Waals surface area contributed by atoms with E-state index in [4.69, 9.17) is 0 Å². The highest BCUT2D eigenvalue weighted by atomic mass is 15.5. The first-order valence-electron chi connectivity index (χ1n) is 3.12. The standard InChI is InChI=1S/C5H6N6/c1-3-6-2-4(7-3)5-8-10-11-9-5/h2H,1H3,(H,6,7)(H,8,9,10,11). The molecule has 11 heavy (non-hydrogen) atoms. The number of hydrogen-bond donors (Lipinski definition) is 2. The van der Waals surface area contributed by atoms with Crippen LogP contribution in [0.1, 0.15) is 5.82 Å². The molecular weight excluding hydrogens is 144 g/mol. The fourth-order valence-corrected chi connectivity index (χ4v) is 0.814. The van der Waals surface area contributed by atoms with Crippen LogP contribution in [-0.2, 0) is 0 Å². The Balaban J connectivity index is 2.45. The van der Waals surface area contributed by atoms with Crippen molar-refractivity contribution in [1.82, 2.24) is 30.6 Å². The zero-order valence-corrected chi connectivity index (χ0v) is 5.87. The van der Waals surface area contributed by atoms with Gasteiger partial charge in [0.15, 0.2) is 5.82 Å². The first-order chi connectivity index (χ1) is 5.36. The molecule has 56 valence electrons. The van der Waals surface area contributed by atoms with Crippen LogP contribution >= 0.6 is 0 Å². The largest absolute Gasteiger partial charge is 0.340 e. The van der Waals surface area contributed by atoms with Crippen molar-refractivity contribution in [3.8, 4) is 11.5 Å². The number of aromatic amines is 2. The molecule has 2 N–H and O–H groups in total. The third kappa shape index (κ3) is 0.977. The molecule has 0 aromatic carbocycles. The summed E-state index contributed by atoms with van der Waals surface area (Å²) in [5, 5.41) is 13.2.